The van der Waals surface area contributed by atoms with E-state index >= 15 is 0 Å². The number of aliphatic hydroxyl groups excluding tert-OH is 1. The normalized spacial score (nSPS) is 21.4. The van der Waals surface area contributed by atoms with Crippen LogP contribution in [0.15, 0.2) is 59.0 Å². The Balaban J connectivity index is 1.28. The average molecular weight is 361 g/mol. The molecule has 3 aromatic rings. The van der Waals surface area contributed by atoms with E-state index in [0.717, 1.165) is 37.9 Å². The van der Waals surface area contributed by atoms with Crippen molar-refractivity contribution in [2.45, 2.75) is 37.3 Å². The molecule has 1 fully saturated rings. The molecule has 0 bridgehead atoms. The van der Waals surface area contributed by atoms with Crippen LogP contribution < -0.4 is 0 Å². The number of fused-ring (bicyclic) bond motifs is 2. The number of nitrogens with zero attached hydrogens (tertiary/aromatic N) is 3. The van der Waals surface area contributed by atoms with E-state index in [1.165, 1.54) is 11.1 Å². The molecule has 27 heavy (non-hydrogen) atoms. The molecule has 1 spiro atoms. The first kappa shape index (κ1) is 16.7. The van der Waals surface area contributed by atoms with Crippen LogP contribution in [0.1, 0.15) is 29.9 Å². The van der Waals surface area contributed by atoms with Gasteiger partial charge >= 0.3 is 0 Å². The number of hydrogen-bond acceptors (Lipinski definition) is 5. The zero-order valence-corrected chi connectivity index (χ0v) is 15.2. The average Bonchev–Trinajstić information content (AvgIpc) is 3.28. The molecule has 1 atom stereocenters. The molecule has 1 aliphatic carbocycles. The van der Waals surface area contributed by atoms with Crippen molar-refractivity contribution < 1.29 is 9.52 Å². The standard InChI is InChI=1S/C22H23N3O2/c26-19-14-17-8-4-5-9-18(17)22(19)10-12-25(13-11-22)15-20-23-24-21(27-20)16-6-2-1-3-7-16/h1-9,19,26H,10-15H2/t19-/m0/s1. The number of benzene rings is 2. The second-order valence-corrected chi connectivity index (χ2v) is 7.68. The van der Waals surface area contributed by atoms with Gasteiger partial charge in [0.05, 0.1) is 12.6 Å². The third-order valence-corrected chi connectivity index (χ3v) is 6.20. The lowest BCUT2D eigenvalue weighted by Gasteiger charge is -2.41. The second kappa shape index (κ2) is 6.59. The zero-order chi connectivity index (χ0) is 18.3. The summed E-state index contributed by atoms with van der Waals surface area (Å²) in [6.45, 7) is 2.51. The summed E-state index contributed by atoms with van der Waals surface area (Å²) in [7, 11) is 0. The maximum absolute atomic E-state index is 10.8. The lowest BCUT2D eigenvalue weighted by Crippen LogP contribution is -2.47. The van der Waals surface area contributed by atoms with Crippen LogP contribution in [0.5, 0.6) is 0 Å². The van der Waals surface area contributed by atoms with E-state index in [0.29, 0.717) is 18.3 Å². The molecule has 2 aromatic carbocycles. The summed E-state index contributed by atoms with van der Waals surface area (Å²) in [6.07, 6.45) is 2.43. The summed E-state index contributed by atoms with van der Waals surface area (Å²) in [4.78, 5) is 2.35. The lowest BCUT2D eigenvalue weighted by atomic mass is 9.72. The fourth-order valence-electron chi connectivity index (χ4n) is 4.69. The topological polar surface area (TPSA) is 62.4 Å². The Morgan fingerprint density at radius 1 is 1.00 bits per heavy atom. The third-order valence-electron chi connectivity index (χ3n) is 6.20. The highest BCUT2D eigenvalue weighted by atomic mass is 16.4. The molecule has 2 aliphatic rings. The Kier molecular flexibility index (Phi) is 4.06. The molecular formula is C22H23N3O2. The number of hydrogen-bond donors (Lipinski definition) is 1. The van der Waals surface area contributed by atoms with Gasteiger partial charge in [0.1, 0.15) is 0 Å². The van der Waals surface area contributed by atoms with E-state index in [1.54, 1.807) is 0 Å². The summed E-state index contributed by atoms with van der Waals surface area (Å²) >= 11 is 0. The predicted molar refractivity (Wildman–Crippen MR) is 102 cm³/mol. The van der Waals surface area contributed by atoms with E-state index in [-0.39, 0.29) is 11.5 Å². The van der Waals surface area contributed by atoms with Crippen molar-refractivity contribution in [3.05, 3.63) is 71.6 Å². The number of aromatic nitrogens is 2. The molecule has 2 heterocycles. The third kappa shape index (κ3) is 2.87. The summed E-state index contributed by atoms with van der Waals surface area (Å²) in [5, 5.41) is 19.2. The second-order valence-electron chi connectivity index (χ2n) is 7.68. The molecule has 5 heteroatoms. The van der Waals surface area contributed by atoms with E-state index in [2.05, 4.69) is 39.4 Å². The van der Waals surface area contributed by atoms with Gasteiger partial charge in [-0.25, -0.2) is 0 Å². The molecular weight excluding hydrogens is 338 g/mol. The van der Waals surface area contributed by atoms with Gasteiger partial charge in [-0.1, -0.05) is 42.5 Å². The molecule has 5 rings (SSSR count). The number of likely N-dealkylation sites (tertiary alicyclic amines) is 1. The Hall–Kier alpha value is -2.50. The quantitative estimate of drug-likeness (QED) is 0.776. The van der Waals surface area contributed by atoms with Gasteiger partial charge in [0.2, 0.25) is 11.8 Å². The fourth-order valence-corrected chi connectivity index (χ4v) is 4.69. The van der Waals surface area contributed by atoms with Crippen LogP contribution in [0, 0.1) is 0 Å². The molecule has 138 valence electrons. The van der Waals surface area contributed by atoms with Gasteiger partial charge in [0.15, 0.2) is 0 Å². The fraction of sp³-hybridized carbons (Fsp3) is 0.364. The maximum atomic E-state index is 10.8. The Morgan fingerprint density at radius 3 is 2.56 bits per heavy atom. The van der Waals surface area contributed by atoms with Gasteiger partial charge in [0.25, 0.3) is 0 Å². The van der Waals surface area contributed by atoms with Crippen LogP contribution in [0.25, 0.3) is 11.5 Å². The van der Waals surface area contributed by atoms with E-state index in [1.807, 2.05) is 30.3 Å². The minimum Gasteiger partial charge on any atom is -0.419 e. The largest absolute Gasteiger partial charge is 0.419 e. The Labute approximate surface area is 158 Å². The minimum absolute atomic E-state index is 0.0862. The van der Waals surface area contributed by atoms with Gasteiger partial charge in [-0.05, 0) is 55.6 Å². The highest BCUT2D eigenvalue weighted by Crippen LogP contribution is 2.46. The molecule has 0 unspecified atom stereocenters. The van der Waals surface area contributed by atoms with Crippen molar-refractivity contribution >= 4 is 0 Å². The van der Waals surface area contributed by atoms with Gasteiger partial charge in [-0.2, -0.15) is 0 Å². The number of rotatable bonds is 3. The van der Waals surface area contributed by atoms with Gasteiger partial charge in [0, 0.05) is 11.0 Å². The highest BCUT2D eigenvalue weighted by Gasteiger charge is 2.47. The van der Waals surface area contributed by atoms with Gasteiger partial charge in [-0.3, -0.25) is 4.90 Å². The van der Waals surface area contributed by atoms with Crippen LogP contribution >= 0.6 is 0 Å². The Bertz CT molecular complexity index is 929. The molecule has 5 nitrogen and oxygen atoms in total. The molecule has 0 saturated carbocycles. The van der Waals surface area contributed by atoms with Crippen molar-refractivity contribution in [1.82, 2.24) is 15.1 Å². The van der Waals surface area contributed by atoms with Gasteiger partial charge in [-0.15, -0.1) is 10.2 Å². The van der Waals surface area contributed by atoms with Crippen LogP contribution in [-0.4, -0.2) is 39.4 Å². The molecule has 1 N–H and O–H groups in total. The lowest BCUT2D eigenvalue weighted by molar-refractivity contribution is 0.0392. The maximum Gasteiger partial charge on any atom is 0.247 e. The van der Waals surface area contributed by atoms with Crippen molar-refractivity contribution in [3.8, 4) is 11.5 Å². The molecule has 1 saturated heterocycles. The minimum atomic E-state index is -0.273. The molecule has 0 radical (unpaired) electrons. The zero-order valence-electron chi connectivity index (χ0n) is 15.2. The van der Waals surface area contributed by atoms with E-state index in [4.69, 9.17) is 4.42 Å². The number of aliphatic hydroxyl groups is 1. The Morgan fingerprint density at radius 2 is 1.74 bits per heavy atom. The predicted octanol–water partition coefficient (Wildman–Crippen LogP) is 3.19. The monoisotopic (exact) mass is 361 g/mol. The van der Waals surface area contributed by atoms with Crippen molar-refractivity contribution in [1.29, 1.82) is 0 Å². The molecule has 1 aliphatic heterocycles. The summed E-state index contributed by atoms with van der Waals surface area (Å²) in [6, 6.07) is 18.4. The summed E-state index contributed by atoms with van der Waals surface area (Å²) in [5.74, 6) is 1.22. The first-order valence-electron chi connectivity index (χ1n) is 9.61. The van der Waals surface area contributed by atoms with Crippen LogP contribution in [-0.2, 0) is 18.4 Å². The number of piperidine rings is 1. The van der Waals surface area contributed by atoms with Crippen LogP contribution in [0.2, 0.25) is 0 Å². The smallest absolute Gasteiger partial charge is 0.247 e. The van der Waals surface area contributed by atoms with Crippen LogP contribution in [0.4, 0.5) is 0 Å². The van der Waals surface area contributed by atoms with E-state index in [9.17, 15) is 5.11 Å². The van der Waals surface area contributed by atoms with E-state index < -0.39 is 0 Å². The highest BCUT2D eigenvalue weighted by molar-refractivity contribution is 5.51. The molecule has 1 aromatic heterocycles. The summed E-state index contributed by atoms with van der Waals surface area (Å²) in [5.41, 5.74) is 3.51. The first-order chi connectivity index (χ1) is 13.2. The van der Waals surface area contributed by atoms with Crippen molar-refractivity contribution in [2.24, 2.45) is 0 Å². The summed E-state index contributed by atoms with van der Waals surface area (Å²) < 4.78 is 5.85. The van der Waals surface area contributed by atoms with Crippen molar-refractivity contribution in [3.63, 3.8) is 0 Å². The SMILES string of the molecule is O[C@H]1Cc2ccccc2C12CCN(Cc1nnc(-c3ccccc3)o1)CC2. The molecule has 0 amide bonds. The van der Waals surface area contributed by atoms with Gasteiger partial charge < -0.3 is 9.52 Å². The van der Waals surface area contributed by atoms with Crippen LogP contribution in [0.3, 0.4) is 0 Å². The first-order valence-corrected chi connectivity index (χ1v) is 9.61. The van der Waals surface area contributed by atoms with Crippen molar-refractivity contribution in [2.75, 3.05) is 13.1 Å².